The Morgan fingerprint density at radius 2 is 1.84 bits per heavy atom. The maximum Gasteiger partial charge on any atom is 0.274 e. The van der Waals surface area contributed by atoms with Gasteiger partial charge in [-0.15, -0.1) is 0 Å². The Labute approximate surface area is 225 Å². The topological polar surface area (TPSA) is 114 Å². The molecule has 0 amide bonds. The number of aliphatic hydroxyl groups is 1. The minimum atomic E-state index is -1.18. The minimum Gasteiger partial charge on any atom is -0.457 e. The molecular weight excluding hydrogens is 484 g/mol. The van der Waals surface area contributed by atoms with Gasteiger partial charge in [-0.1, -0.05) is 36.4 Å². The maximum absolute atomic E-state index is 12.5. The third-order valence-electron chi connectivity index (χ3n) is 7.67. The molecule has 3 N–H and O–H groups in total. The third kappa shape index (κ3) is 6.83. The van der Waals surface area contributed by atoms with Crippen LogP contribution in [-0.2, 0) is 10.3 Å². The monoisotopic (exact) mass is 524 g/mol. The van der Waals surface area contributed by atoms with Gasteiger partial charge in [-0.05, 0) is 56.7 Å². The van der Waals surface area contributed by atoms with Gasteiger partial charge in [0.05, 0.1) is 10.5 Å². The van der Waals surface area contributed by atoms with E-state index in [2.05, 4.69) is 4.90 Å². The molecule has 0 bridgehead atoms. The highest BCUT2D eigenvalue weighted by Crippen LogP contribution is 2.45. The lowest BCUT2D eigenvalue weighted by Crippen LogP contribution is -2.48. The molecule has 3 atom stereocenters. The summed E-state index contributed by atoms with van der Waals surface area (Å²) in [5.74, 6) is 1.76. The molecule has 4 rings (SSSR count). The number of unbranched alkanes of at least 4 members (excludes halogenated alkanes) is 1. The van der Waals surface area contributed by atoms with E-state index in [0.717, 1.165) is 43.9 Å². The Kier molecular flexibility index (Phi) is 9.60. The molecule has 0 radical (unpaired) electrons. The smallest absolute Gasteiger partial charge is 0.274 e. The Morgan fingerprint density at radius 3 is 2.55 bits per heavy atom. The molecule has 2 aromatic rings. The lowest BCUT2D eigenvalue weighted by molar-refractivity contribution is -0.405. The third-order valence-corrected chi connectivity index (χ3v) is 7.67. The van der Waals surface area contributed by atoms with Crippen LogP contribution in [0.1, 0.15) is 44.1 Å². The Balaban J connectivity index is 1.65. The fraction of sp³-hybridized carbons (Fsp3) is 0.517. The summed E-state index contributed by atoms with van der Waals surface area (Å²) >= 11 is 0. The van der Waals surface area contributed by atoms with E-state index in [0.29, 0.717) is 56.5 Å². The molecule has 2 fully saturated rings. The van der Waals surface area contributed by atoms with Crippen LogP contribution in [-0.4, -0.2) is 65.8 Å². The van der Waals surface area contributed by atoms with Crippen molar-refractivity contribution in [3.8, 4) is 11.5 Å². The van der Waals surface area contributed by atoms with E-state index in [1.165, 1.54) is 0 Å². The Hall–Kier alpha value is -3.14. The summed E-state index contributed by atoms with van der Waals surface area (Å²) in [6, 6.07) is 17.2. The molecule has 9 nitrogen and oxygen atoms in total. The number of nitro groups is 1. The van der Waals surface area contributed by atoms with Crippen LogP contribution in [0.25, 0.3) is 0 Å². The standard InChI is InChI=1S/C29H40N4O5/c1-37-19-8-7-16-29(34,26-13-5-6-14-27(26)38-25-11-3-2-4-12-25)23-10-9-17-31(20-23)28(22-33(35)36)32-18-15-24(30)21-32/h2-6,11-14,22-24,34H,7-10,15-21,30H2,1H3/b28-22+/t23-,24?,29+/m1/s1. The van der Waals surface area contributed by atoms with Crippen LogP contribution in [0.15, 0.2) is 66.6 Å². The van der Waals surface area contributed by atoms with Crippen LogP contribution >= 0.6 is 0 Å². The predicted octanol–water partition coefficient (Wildman–Crippen LogP) is 4.30. The summed E-state index contributed by atoms with van der Waals surface area (Å²) in [5, 5.41) is 24.1. The van der Waals surface area contributed by atoms with Crippen molar-refractivity contribution < 1.29 is 19.5 Å². The first-order valence-corrected chi connectivity index (χ1v) is 13.5. The molecule has 206 valence electrons. The maximum atomic E-state index is 12.5. The molecular formula is C29H40N4O5. The first-order chi connectivity index (χ1) is 18.4. The lowest BCUT2D eigenvalue weighted by atomic mass is 9.73. The second-order valence-corrected chi connectivity index (χ2v) is 10.3. The molecule has 2 saturated heterocycles. The van der Waals surface area contributed by atoms with Crippen LogP contribution in [0.5, 0.6) is 11.5 Å². The second-order valence-electron chi connectivity index (χ2n) is 10.3. The highest BCUT2D eigenvalue weighted by Gasteiger charge is 2.43. The van der Waals surface area contributed by atoms with E-state index in [1.54, 1.807) is 7.11 Å². The number of hydrogen-bond donors (Lipinski definition) is 2. The molecule has 0 aliphatic carbocycles. The zero-order valence-electron chi connectivity index (χ0n) is 22.2. The minimum absolute atomic E-state index is 0.00507. The van der Waals surface area contributed by atoms with E-state index >= 15 is 0 Å². The first kappa shape index (κ1) is 27.9. The number of para-hydroxylation sites is 2. The predicted molar refractivity (Wildman–Crippen MR) is 146 cm³/mol. The van der Waals surface area contributed by atoms with E-state index in [1.807, 2.05) is 59.5 Å². The number of benzene rings is 2. The van der Waals surface area contributed by atoms with Crippen LogP contribution in [0.3, 0.4) is 0 Å². The quantitative estimate of drug-likeness (QED) is 0.240. The number of hydrogen-bond acceptors (Lipinski definition) is 8. The van der Waals surface area contributed by atoms with Crippen LogP contribution in [0, 0.1) is 16.0 Å². The normalized spacial score (nSPS) is 21.8. The van der Waals surface area contributed by atoms with Gasteiger partial charge >= 0.3 is 0 Å². The van der Waals surface area contributed by atoms with E-state index < -0.39 is 5.60 Å². The summed E-state index contributed by atoms with van der Waals surface area (Å²) in [4.78, 5) is 15.3. The average molecular weight is 525 g/mol. The molecule has 2 heterocycles. The molecule has 0 saturated carbocycles. The zero-order chi connectivity index (χ0) is 27.0. The zero-order valence-corrected chi connectivity index (χ0v) is 22.2. The molecule has 1 unspecified atom stereocenters. The van der Waals surface area contributed by atoms with Crippen molar-refractivity contribution in [2.24, 2.45) is 11.7 Å². The van der Waals surface area contributed by atoms with Crippen molar-refractivity contribution in [3.05, 3.63) is 82.3 Å². The average Bonchev–Trinajstić information content (AvgIpc) is 3.36. The highest BCUT2D eigenvalue weighted by molar-refractivity contribution is 5.42. The van der Waals surface area contributed by atoms with E-state index in [-0.39, 0.29) is 16.9 Å². The lowest BCUT2D eigenvalue weighted by Gasteiger charge is -2.45. The van der Waals surface area contributed by atoms with Crippen molar-refractivity contribution in [2.75, 3.05) is 39.9 Å². The van der Waals surface area contributed by atoms with Gasteiger partial charge in [0, 0.05) is 57.4 Å². The van der Waals surface area contributed by atoms with E-state index in [4.69, 9.17) is 15.2 Å². The van der Waals surface area contributed by atoms with Crippen LogP contribution in [0.2, 0.25) is 0 Å². The van der Waals surface area contributed by atoms with E-state index in [9.17, 15) is 15.2 Å². The molecule has 0 spiro atoms. The van der Waals surface area contributed by atoms with Gasteiger partial charge < -0.3 is 30.1 Å². The molecule has 2 aliphatic rings. The SMILES string of the molecule is COCCCC[C@@](O)(c1ccccc1Oc1ccccc1)[C@@H]1CCCN(/C(=C\[N+](=O)[O-])N2CCC(N)C2)C1. The summed E-state index contributed by atoms with van der Waals surface area (Å²) in [5.41, 5.74) is 5.70. The largest absolute Gasteiger partial charge is 0.457 e. The Bertz CT molecular complexity index is 1080. The number of nitrogens with two attached hydrogens (primary N) is 1. The Morgan fingerprint density at radius 1 is 1.11 bits per heavy atom. The summed E-state index contributed by atoms with van der Waals surface area (Å²) in [7, 11) is 1.68. The van der Waals surface area contributed by atoms with Crippen molar-refractivity contribution in [1.29, 1.82) is 0 Å². The highest BCUT2D eigenvalue weighted by atomic mass is 16.6. The molecule has 0 aromatic heterocycles. The molecule has 2 aliphatic heterocycles. The number of ether oxygens (including phenoxy) is 2. The van der Waals surface area contributed by atoms with Crippen molar-refractivity contribution in [2.45, 2.75) is 50.2 Å². The second kappa shape index (κ2) is 13.1. The van der Waals surface area contributed by atoms with Gasteiger partial charge in [-0.3, -0.25) is 10.1 Å². The van der Waals surface area contributed by atoms with Crippen molar-refractivity contribution in [1.82, 2.24) is 9.80 Å². The molecule has 9 heteroatoms. The van der Waals surface area contributed by atoms with Crippen LogP contribution in [0.4, 0.5) is 0 Å². The fourth-order valence-corrected chi connectivity index (χ4v) is 5.76. The number of likely N-dealkylation sites (tertiary alicyclic amines) is 2. The number of piperidine rings is 1. The summed E-state index contributed by atoms with van der Waals surface area (Å²) < 4.78 is 11.5. The number of rotatable bonds is 12. The van der Waals surface area contributed by atoms with Gasteiger partial charge in [-0.2, -0.15) is 0 Å². The first-order valence-electron chi connectivity index (χ1n) is 13.5. The fourth-order valence-electron chi connectivity index (χ4n) is 5.76. The van der Waals surface area contributed by atoms with Gasteiger partial charge in [-0.25, -0.2) is 0 Å². The van der Waals surface area contributed by atoms with Gasteiger partial charge in [0.25, 0.3) is 6.20 Å². The number of methoxy groups -OCH3 is 1. The van der Waals surface area contributed by atoms with Gasteiger partial charge in [0.1, 0.15) is 11.5 Å². The van der Waals surface area contributed by atoms with Gasteiger partial charge in [0.15, 0.2) is 5.82 Å². The van der Waals surface area contributed by atoms with Crippen molar-refractivity contribution >= 4 is 0 Å². The summed E-state index contributed by atoms with van der Waals surface area (Å²) in [6.45, 7) is 3.11. The van der Waals surface area contributed by atoms with Crippen LogP contribution < -0.4 is 10.5 Å². The molecule has 38 heavy (non-hydrogen) atoms. The number of nitrogens with zero attached hydrogens (tertiary/aromatic N) is 3. The van der Waals surface area contributed by atoms with Crippen molar-refractivity contribution in [3.63, 3.8) is 0 Å². The van der Waals surface area contributed by atoms with Gasteiger partial charge in [0.2, 0.25) is 0 Å². The molecule has 2 aromatic carbocycles. The summed E-state index contributed by atoms with van der Waals surface area (Å²) in [6.07, 6.45) is 5.68.